The Morgan fingerprint density at radius 2 is 2.00 bits per heavy atom. The topological polar surface area (TPSA) is 123 Å². The average molecular weight is 404 g/mol. The van der Waals surface area contributed by atoms with Crippen molar-refractivity contribution in [2.24, 2.45) is 12.8 Å². The third-order valence-electron chi connectivity index (χ3n) is 5.54. The first-order valence-electron chi connectivity index (χ1n) is 9.30. The van der Waals surface area contributed by atoms with Crippen molar-refractivity contribution >= 4 is 21.9 Å². The molecule has 0 unspecified atom stereocenters. The van der Waals surface area contributed by atoms with Crippen molar-refractivity contribution in [1.29, 1.82) is 0 Å². The first-order chi connectivity index (χ1) is 13.2. The molecule has 2 aromatic heterocycles. The van der Waals surface area contributed by atoms with Gasteiger partial charge in [0.25, 0.3) is 5.91 Å². The number of nitrogens with zero attached hydrogens (tertiary/aromatic N) is 4. The number of hydrogen-bond acceptors (Lipinski definition) is 6. The van der Waals surface area contributed by atoms with Crippen LogP contribution in [0.5, 0.6) is 0 Å². The molecule has 0 spiro atoms. The van der Waals surface area contributed by atoms with Crippen LogP contribution in [0.15, 0.2) is 12.4 Å². The summed E-state index contributed by atoms with van der Waals surface area (Å²) in [6, 6.07) is 0.119. The standard InChI is InChI=1S/C18H24N6O3S/c1-23-10-14(17(19)25)13-4-3-11-9-20-18(22-15(11)16(13)23)21-12-5-7-24(8-6-12)28(2,26)27/h9-10,12H,3-8H2,1-2H3,(H2,19,25)(H,20,21,22). The molecule has 2 aliphatic rings. The van der Waals surface area contributed by atoms with E-state index in [2.05, 4.69) is 10.3 Å². The fourth-order valence-electron chi connectivity index (χ4n) is 4.09. The first-order valence-corrected chi connectivity index (χ1v) is 11.1. The van der Waals surface area contributed by atoms with E-state index in [1.165, 1.54) is 10.6 Å². The molecular weight excluding hydrogens is 380 g/mol. The summed E-state index contributed by atoms with van der Waals surface area (Å²) in [7, 11) is -1.26. The number of carbonyl (C=O) groups excluding carboxylic acids is 1. The van der Waals surface area contributed by atoms with Crippen LogP contribution in [0.2, 0.25) is 0 Å². The number of nitrogens with one attached hydrogen (secondary N) is 1. The molecule has 9 nitrogen and oxygen atoms in total. The number of fused-ring (bicyclic) bond motifs is 3. The minimum absolute atomic E-state index is 0.119. The SMILES string of the molecule is Cn1cc(C(N)=O)c2c1-c1nc(NC3CCN(S(C)(=O)=O)CC3)ncc1CC2. The summed E-state index contributed by atoms with van der Waals surface area (Å²) in [5.74, 6) is 0.0940. The summed E-state index contributed by atoms with van der Waals surface area (Å²) in [6.45, 7) is 0.983. The second-order valence-electron chi connectivity index (χ2n) is 7.49. The summed E-state index contributed by atoms with van der Waals surface area (Å²) in [6.07, 6.45) is 7.74. The van der Waals surface area contributed by atoms with Gasteiger partial charge in [-0.3, -0.25) is 4.79 Å². The largest absolute Gasteiger partial charge is 0.366 e. The van der Waals surface area contributed by atoms with Gasteiger partial charge in [-0.15, -0.1) is 0 Å². The number of primary amides is 1. The lowest BCUT2D eigenvalue weighted by Crippen LogP contribution is -2.42. The summed E-state index contributed by atoms with van der Waals surface area (Å²) in [5, 5.41) is 3.34. The molecule has 0 radical (unpaired) electrons. The minimum Gasteiger partial charge on any atom is -0.366 e. The molecule has 1 amide bonds. The smallest absolute Gasteiger partial charge is 0.250 e. The van der Waals surface area contributed by atoms with Crippen molar-refractivity contribution in [2.45, 2.75) is 31.7 Å². The van der Waals surface area contributed by atoms with Gasteiger partial charge >= 0.3 is 0 Å². The van der Waals surface area contributed by atoms with Crippen LogP contribution in [0.4, 0.5) is 5.95 Å². The summed E-state index contributed by atoms with van der Waals surface area (Å²) in [5.41, 5.74) is 9.78. The van der Waals surface area contributed by atoms with Gasteiger partial charge in [-0.2, -0.15) is 0 Å². The molecule has 0 saturated carbocycles. The van der Waals surface area contributed by atoms with Gasteiger partial charge in [0.1, 0.15) is 0 Å². The molecule has 4 rings (SSSR count). The Balaban J connectivity index is 1.57. The Hall–Kier alpha value is -2.46. The van der Waals surface area contributed by atoms with Gasteiger partial charge in [0.15, 0.2) is 0 Å². The molecule has 150 valence electrons. The molecule has 28 heavy (non-hydrogen) atoms. The van der Waals surface area contributed by atoms with Crippen molar-refractivity contribution in [2.75, 3.05) is 24.7 Å². The predicted molar refractivity (Wildman–Crippen MR) is 105 cm³/mol. The number of piperidine rings is 1. The molecule has 3 heterocycles. The zero-order valence-corrected chi connectivity index (χ0v) is 16.8. The summed E-state index contributed by atoms with van der Waals surface area (Å²) in [4.78, 5) is 20.9. The Morgan fingerprint density at radius 1 is 1.29 bits per heavy atom. The van der Waals surface area contributed by atoms with Crippen LogP contribution in [0.1, 0.15) is 34.3 Å². The van der Waals surface area contributed by atoms with Crippen LogP contribution in [-0.2, 0) is 29.9 Å². The molecule has 1 saturated heterocycles. The van der Waals surface area contributed by atoms with Gasteiger partial charge in [0.2, 0.25) is 16.0 Å². The zero-order chi connectivity index (χ0) is 20.1. The average Bonchev–Trinajstić information content (AvgIpc) is 2.99. The van der Waals surface area contributed by atoms with Gasteiger partial charge in [-0.1, -0.05) is 0 Å². The Kier molecular flexibility index (Phi) is 4.62. The molecule has 2 aromatic rings. The van der Waals surface area contributed by atoms with Crippen LogP contribution < -0.4 is 11.1 Å². The number of carbonyl (C=O) groups is 1. The molecule has 0 bridgehead atoms. The lowest BCUT2D eigenvalue weighted by Gasteiger charge is -2.30. The van der Waals surface area contributed by atoms with Crippen molar-refractivity contribution in [1.82, 2.24) is 18.8 Å². The lowest BCUT2D eigenvalue weighted by atomic mass is 9.92. The summed E-state index contributed by atoms with van der Waals surface area (Å²) >= 11 is 0. The summed E-state index contributed by atoms with van der Waals surface area (Å²) < 4.78 is 26.7. The van der Waals surface area contributed by atoms with Crippen molar-refractivity contribution in [3.05, 3.63) is 29.1 Å². The fourth-order valence-corrected chi connectivity index (χ4v) is 4.96. The maximum absolute atomic E-state index is 11.7. The zero-order valence-electron chi connectivity index (χ0n) is 16.0. The van der Waals surface area contributed by atoms with Crippen LogP contribution in [0.3, 0.4) is 0 Å². The third-order valence-corrected chi connectivity index (χ3v) is 6.84. The van der Waals surface area contributed by atoms with E-state index < -0.39 is 15.9 Å². The Morgan fingerprint density at radius 3 is 2.64 bits per heavy atom. The van der Waals surface area contributed by atoms with E-state index >= 15 is 0 Å². The van der Waals surface area contributed by atoms with Gasteiger partial charge in [-0.05, 0) is 36.8 Å². The number of aromatic nitrogens is 3. The molecule has 3 N–H and O–H groups in total. The normalized spacial score (nSPS) is 17.8. The second kappa shape index (κ2) is 6.85. The number of anilines is 1. The second-order valence-corrected chi connectivity index (χ2v) is 9.48. The number of aryl methyl sites for hydroxylation is 2. The van der Waals surface area contributed by atoms with Crippen LogP contribution in [0, 0.1) is 0 Å². The number of sulfonamides is 1. The minimum atomic E-state index is -3.14. The molecular formula is C18H24N6O3S. The molecule has 0 aromatic carbocycles. The predicted octanol–water partition coefficient (Wildman–Crippen LogP) is 0.516. The van der Waals surface area contributed by atoms with E-state index in [0.29, 0.717) is 37.4 Å². The fraction of sp³-hybridized carbons (Fsp3) is 0.500. The first kappa shape index (κ1) is 18.9. The maximum atomic E-state index is 11.7. The van der Waals surface area contributed by atoms with Gasteiger partial charge in [-0.25, -0.2) is 22.7 Å². The van der Waals surface area contributed by atoms with E-state index in [-0.39, 0.29) is 6.04 Å². The highest BCUT2D eigenvalue weighted by atomic mass is 32.2. The molecule has 0 atom stereocenters. The van der Waals surface area contributed by atoms with Crippen LogP contribution >= 0.6 is 0 Å². The highest BCUT2D eigenvalue weighted by molar-refractivity contribution is 7.88. The monoisotopic (exact) mass is 404 g/mol. The highest BCUT2D eigenvalue weighted by Crippen LogP contribution is 2.35. The lowest BCUT2D eigenvalue weighted by molar-refractivity contribution is 0.0999. The van der Waals surface area contributed by atoms with Gasteiger partial charge in [0.05, 0.1) is 23.2 Å². The molecule has 1 aliphatic carbocycles. The Labute approximate surface area is 164 Å². The number of amides is 1. The Bertz CT molecular complexity index is 1040. The molecule has 10 heteroatoms. The molecule has 1 aliphatic heterocycles. The maximum Gasteiger partial charge on any atom is 0.250 e. The third kappa shape index (κ3) is 3.37. The van der Waals surface area contributed by atoms with Crippen LogP contribution in [0.25, 0.3) is 11.4 Å². The van der Waals surface area contributed by atoms with E-state index in [1.54, 1.807) is 6.20 Å². The van der Waals surface area contributed by atoms with Gasteiger partial charge in [0, 0.05) is 38.6 Å². The van der Waals surface area contributed by atoms with Crippen molar-refractivity contribution < 1.29 is 13.2 Å². The van der Waals surface area contributed by atoms with E-state index in [4.69, 9.17) is 10.7 Å². The van der Waals surface area contributed by atoms with E-state index in [9.17, 15) is 13.2 Å². The van der Waals surface area contributed by atoms with Gasteiger partial charge < -0.3 is 15.6 Å². The quantitative estimate of drug-likeness (QED) is 0.766. The van der Waals surface area contributed by atoms with E-state index in [0.717, 1.165) is 35.4 Å². The number of nitrogens with two attached hydrogens (primary N) is 1. The number of rotatable bonds is 4. The van der Waals surface area contributed by atoms with Crippen molar-refractivity contribution in [3.63, 3.8) is 0 Å². The van der Waals surface area contributed by atoms with E-state index in [1.807, 2.05) is 17.8 Å². The van der Waals surface area contributed by atoms with Crippen molar-refractivity contribution in [3.8, 4) is 11.4 Å². The highest BCUT2D eigenvalue weighted by Gasteiger charge is 2.28. The number of hydrogen-bond donors (Lipinski definition) is 2. The molecule has 1 fully saturated rings. The van der Waals surface area contributed by atoms with Crippen LogP contribution in [-0.4, -0.2) is 58.6 Å².